The van der Waals surface area contributed by atoms with Crippen LogP contribution in [0.1, 0.15) is 20.8 Å². The van der Waals surface area contributed by atoms with Crippen molar-refractivity contribution in [3.05, 3.63) is 0 Å². The molecule has 0 aromatic carbocycles. The van der Waals surface area contributed by atoms with Gasteiger partial charge in [-0.2, -0.15) is 0 Å². The lowest BCUT2D eigenvalue weighted by molar-refractivity contribution is 0.157. The lowest BCUT2D eigenvalue weighted by Gasteiger charge is -2.14. The van der Waals surface area contributed by atoms with Crippen LogP contribution in [0.3, 0.4) is 0 Å². The van der Waals surface area contributed by atoms with Crippen molar-refractivity contribution in [2.45, 2.75) is 26.8 Å². The Morgan fingerprint density at radius 2 is 1.92 bits per heavy atom. The number of hydrogen-bond donors (Lipinski definition) is 1. The van der Waals surface area contributed by atoms with Crippen LogP contribution in [0.4, 0.5) is 0 Å². The van der Waals surface area contributed by atoms with Crippen molar-refractivity contribution < 1.29 is 9.16 Å². The van der Waals surface area contributed by atoms with Crippen molar-refractivity contribution in [2.24, 2.45) is 0 Å². The first-order valence-corrected chi connectivity index (χ1v) is 6.64. The molecule has 0 aliphatic rings. The van der Waals surface area contributed by atoms with Crippen LogP contribution in [0.25, 0.3) is 0 Å². The van der Waals surface area contributed by atoms with E-state index < -0.39 is 9.20 Å². The van der Waals surface area contributed by atoms with Crippen LogP contribution in [-0.2, 0) is 9.16 Å². The first-order chi connectivity index (χ1) is 5.85. The predicted molar refractivity (Wildman–Crippen MR) is 53.8 cm³/mol. The van der Waals surface area contributed by atoms with E-state index >= 15 is 0 Å². The summed E-state index contributed by atoms with van der Waals surface area (Å²) in [5.74, 6) is 0. The van der Waals surface area contributed by atoms with E-state index in [-0.39, 0.29) is 0 Å². The fraction of sp³-hybridized carbons (Fsp3) is 1.00. The number of rotatable bonds is 8. The van der Waals surface area contributed by atoms with E-state index in [1.165, 1.54) is 0 Å². The summed E-state index contributed by atoms with van der Waals surface area (Å²) in [5, 5.41) is 0. The molecule has 12 heavy (non-hydrogen) atoms. The minimum atomic E-state index is -1.14. The van der Waals surface area contributed by atoms with Gasteiger partial charge < -0.3 is 14.1 Å². The molecular weight excluding hydrogens is 170 g/mol. The van der Waals surface area contributed by atoms with Crippen molar-refractivity contribution in [3.63, 3.8) is 0 Å². The molecule has 0 bridgehead atoms. The average Bonchev–Trinajstić information content (AvgIpc) is 2.06. The Balaban J connectivity index is 3.34. The lowest BCUT2D eigenvalue weighted by Crippen LogP contribution is -2.37. The molecule has 0 aromatic rings. The van der Waals surface area contributed by atoms with Gasteiger partial charge in [-0.15, -0.1) is 0 Å². The molecule has 0 fully saturated rings. The van der Waals surface area contributed by atoms with E-state index in [0.717, 1.165) is 32.4 Å². The second-order valence-electron chi connectivity index (χ2n) is 2.49. The standard InChI is InChI=1S/C8H21NO2Si/c1-4-9-12(11-6-3)8-7-10-5-2/h9,12H,4-8H2,1-3H3. The van der Waals surface area contributed by atoms with Crippen molar-refractivity contribution >= 4 is 9.20 Å². The highest BCUT2D eigenvalue weighted by Gasteiger charge is 2.08. The zero-order valence-electron chi connectivity index (χ0n) is 8.43. The third-order valence-electron chi connectivity index (χ3n) is 1.53. The van der Waals surface area contributed by atoms with Gasteiger partial charge >= 0.3 is 0 Å². The SMILES string of the molecule is CCN[SiH](CCOCC)OCC. The maximum Gasteiger partial charge on any atom is 0.254 e. The summed E-state index contributed by atoms with van der Waals surface area (Å²) in [6.07, 6.45) is 0. The van der Waals surface area contributed by atoms with Crippen molar-refractivity contribution in [3.8, 4) is 0 Å². The Morgan fingerprint density at radius 1 is 1.17 bits per heavy atom. The van der Waals surface area contributed by atoms with Crippen LogP contribution in [0.5, 0.6) is 0 Å². The molecule has 0 rings (SSSR count). The zero-order valence-corrected chi connectivity index (χ0v) is 9.58. The lowest BCUT2D eigenvalue weighted by atomic mass is 10.8. The largest absolute Gasteiger partial charge is 0.406 e. The normalized spacial score (nSPS) is 13.2. The second kappa shape index (κ2) is 9.19. The summed E-state index contributed by atoms with van der Waals surface area (Å²) in [6, 6.07) is 1.06. The van der Waals surface area contributed by atoms with E-state index in [9.17, 15) is 0 Å². The van der Waals surface area contributed by atoms with Gasteiger partial charge in [0.2, 0.25) is 0 Å². The molecule has 4 heteroatoms. The molecule has 3 nitrogen and oxygen atoms in total. The fourth-order valence-electron chi connectivity index (χ4n) is 1.01. The van der Waals surface area contributed by atoms with Gasteiger partial charge in [-0.3, -0.25) is 0 Å². The quantitative estimate of drug-likeness (QED) is 0.456. The minimum absolute atomic E-state index is 0.805. The Kier molecular flexibility index (Phi) is 9.26. The van der Waals surface area contributed by atoms with Gasteiger partial charge in [-0.25, -0.2) is 0 Å². The Bertz CT molecular complexity index is 87.1. The Labute approximate surface area is 77.3 Å². The van der Waals surface area contributed by atoms with E-state index in [2.05, 4.69) is 11.9 Å². The summed E-state index contributed by atoms with van der Waals surface area (Å²) >= 11 is 0. The maximum absolute atomic E-state index is 5.58. The van der Waals surface area contributed by atoms with Crippen molar-refractivity contribution in [1.82, 2.24) is 4.98 Å². The molecule has 0 spiro atoms. The average molecular weight is 191 g/mol. The number of nitrogens with one attached hydrogen (secondary N) is 1. The summed E-state index contributed by atoms with van der Waals surface area (Å²) in [4.78, 5) is 3.38. The summed E-state index contributed by atoms with van der Waals surface area (Å²) < 4.78 is 10.8. The van der Waals surface area contributed by atoms with Gasteiger partial charge in [0, 0.05) is 25.9 Å². The third kappa shape index (κ3) is 6.79. The Hall–Kier alpha value is 0.0969. The van der Waals surface area contributed by atoms with Crippen LogP contribution in [0.15, 0.2) is 0 Å². The van der Waals surface area contributed by atoms with Crippen LogP contribution >= 0.6 is 0 Å². The Morgan fingerprint density at radius 3 is 2.42 bits per heavy atom. The molecule has 1 N–H and O–H groups in total. The molecule has 0 aliphatic carbocycles. The van der Waals surface area contributed by atoms with Gasteiger partial charge in [-0.1, -0.05) is 6.92 Å². The highest BCUT2D eigenvalue weighted by atomic mass is 28.3. The fourth-order valence-corrected chi connectivity index (χ4v) is 2.73. The van der Waals surface area contributed by atoms with E-state index in [1.54, 1.807) is 0 Å². The molecule has 0 saturated heterocycles. The number of ether oxygens (including phenoxy) is 1. The smallest absolute Gasteiger partial charge is 0.254 e. The topological polar surface area (TPSA) is 30.5 Å². The molecule has 0 aromatic heterocycles. The summed E-state index contributed by atoms with van der Waals surface area (Å²) in [5.41, 5.74) is 0. The molecule has 1 atom stereocenters. The van der Waals surface area contributed by atoms with E-state index in [4.69, 9.17) is 9.16 Å². The van der Waals surface area contributed by atoms with Gasteiger partial charge in [0.25, 0.3) is 9.20 Å². The second-order valence-corrected chi connectivity index (χ2v) is 4.78. The number of hydrogen-bond acceptors (Lipinski definition) is 3. The first kappa shape index (κ1) is 12.1. The highest BCUT2D eigenvalue weighted by molar-refractivity contribution is 6.48. The zero-order chi connectivity index (χ0) is 9.23. The first-order valence-electron chi connectivity index (χ1n) is 4.77. The summed E-state index contributed by atoms with van der Waals surface area (Å²) in [7, 11) is -1.14. The van der Waals surface area contributed by atoms with E-state index in [1.807, 2.05) is 13.8 Å². The predicted octanol–water partition coefficient (Wildman–Crippen LogP) is 0.889. The molecule has 0 saturated carbocycles. The van der Waals surface area contributed by atoms with Gasteiger partial charge in [0.1, 0.15) is 0 Å². The van der Waals surface area contributed by atoms with Gasteiger partial charge in [0.15, 0.2) is 0 Å². The van der Waals surface area contributed by atoms with Crippen LogP contribution < -0.4 is 4.98 Å². The molecule has 0 radical (unpaired) electrons. The molecule has 0 heterocycles. The molecule has 1 unspecified atom stereocenters. The van der Waals surface area contributed by atoms with Crippen molar-refractivity contribution in [1.29, 1.82) is 0 Å². The van der Waals surface area contributed by atoms with Crippen molar-refractivity contribution in [2.75, 3.05) is 26.4 Å². The molecule has 0 aliphatic heterocycles. The molecule has 0 amide bonds. The molecule has 74 valence electrons. The maximum atomic E-state index is 5.58. The third-order valence-corrected chi connectivity index (χ3v) is 3.89. The van der Waals surface area contributed by atoms with Gasteiger partial charge in [-0.05, 0) is 20.4 Å². The van der Waals surface area contributed by atoms with Crippen LogP contribution in [0, 0.1) is 0 Å². The minimum Gasteiger partial charge on any atom is -0.406 e. The summed E-state index contributed by atoms with van der Waals surface area (Å²) in [6.45, 7) is 9.63. The van der Waals surface area contributed by atoms with E-state index in [0.29, 0.717) is 0 Å². The van der Waals surface area contributed by atoms with Gasteiger partial charge in [0.05, 0.1) is 0 Å². The molecular formula is C8H21NO2Si. The van der Waals surface area contributed by atoms with Crippen LogP contribution in [-0.4, -0.2) is 35.6 Å². The monoisotopic (exact) mass is 191 g/mol. The highest BCUT2D eigenvalue weighted by Crippen LogP contribution is 1.92. The van der Waals surface area contributed by atoms with Crippen LogP contribution in [0.2, 0.25) is 6.04 Å².